The fourth-order valence-electron chi connectivity index (χ4n) is 3.29. The Bertz CT molecular complexity index is 1250. The summed E-state index contributed by atoms with van der Waals surface area (Å²) in [6.45, 7) is -0.452. The number of ether oxygens (including phenoxy) is 1. The zero-order valence-electron chi connectivity index (χ0n) is 15.6. The van der Waals surface area contributed by atoms with Crippen molar-refractivity contribution >= 4 is 32.7 Å². The number of rotatable bonds is 6. The van der Waals surface area contributed by atoms with Crippen LogP contribution in [0.25, 0.3) is 11.2 Å². The zero-order valence-corrected chi connectivity index (χ0v) is 16.5. The number of nitro groups is 1. The van der Waals surface area contributed by atoms with E-state index in [9.17, 15) is 28.7 Å². The molecule has 4 atom stereocenters. The van der Waals surface area contributed by atoms with Crippen molar-refractivity contribution in [3.63, 3.8) is 0 Å². The van der Waals surface area contributed by atoms with Crippen LogP contribution < -0.4 is 10.5 Å². The van der Waals surface area contributed by atoms with E-state index in [1.807, 2.05) is 0 Å². The molecular formula is C16H17N7O7S. The number of nitrogen functional groups attached to an aromatic ring is 1. The Kier molecular flexibility index (Phi) is 5.28. The van der Waals surface area contributed by atoms with E-state index in [1.165, 1.54) is 29.4 Å². The van der Waals surface area contributed by atoms with E-state index in [0.717, 1.165) is 12.1 Å². The molecule has 3 aromatic rings. The van der Waals surface area contributed by atoms with E-state index in [0.29, 0.717) is 0 Å². The largest absolute Gasteiger partial charge is 0.387 e. The smallest absolute Gasteiger partial charge is 0.289 e. The number of benzene rings is 1. The van der Waals surface area contributed by atoms with E-state index >= 15 is 0 Å². The van der Waals surface area contributed by atoms with Crippen molar-refractivity contribution in [3.05, 3.63) is 47.0 Å². The second kappa shape index (κ2) is 7.78. The number of sulfonamides is 1. The predicted octanol–water partition coefficient (Wildman–Crippen LogP) is -1.09. The zero-order chi connectivity index (χ0) is 22.3. The van der Waals surface area contributed by atoms with Crippen LogP contribution in [0.15, 0.2) is 41.8 Å². The lowest BCUT2D eigenvalue weighted by atomic mass is 10.1. The summed E-state index contributed by atoms with van der Waals surface area (Å²) < 4.78 is 34.3. The summed E-state index contributed by atoms with van der Waals surface area (Å²) in [4.78, 5) is 21.7. The van der Waals surface area contributed by atoms with Crippen LogP contribution in [0.4, 0.5) is 11.5 Å². The van der Waals surface area contributed by atoms with Crippen LogP contribution in [0.1, 0.15) is 6.23 Å². The van der Waals surface area contributed by atoms with Crippen molar-refractivity contribution in [1.29, 1.82) is 0 Å². The van der Waals surface area contributed by atoms with Crippen LogP contribution in [-0.4, -0.2) is 67.9 Å². The molecule has 14 nitrogen and oxygen atoms in total. The first-order valence-electron chi connectivity index (χ1n) is 8.88. The number of anilines is 1. The van der Waals surface area contributed by atoms with Gasteiger partial charge in [-0.3, -0.25) is 14.7 Å². The van der Waals surface area contributed by atoms with Gasteiger partial charge in [-0.05, 0) is 6.07 Å². The number of hydrogen-bond acceptors (Lipinski definition) is 11. The van der Waals surface area contributed by atoms with Gasteiger partial charge >= 0.3 is 0 Å². The number of aromatic nitrogens is 4. The molecule has 3 heterocycles. The molecule has 0 spiro atoms. The maximum atomic E-state index is 12.6. The third kappa shape index (κ3) is 3.68. The molecule has 5 N–H and O–H groups in total. The highest BCUT2D eigenvalue weighted by Gasteiger charge is 2.44. The molecule has 164 valence electrons. The van der Waals surface area contributed by atoms with E-state index in [-0.39, 0.29) is 17.0 Å². The Morgan fingerprint density at radius 1 is 1.23 bits per heavy atom. The van der Waals surface area contributed by atoms with Crippen molar-refractivity contribution < 1.29 is 28.3 Å². The Balaban J connectivity index is 1.54. The van der Waals surface area contributed by atoms with Gasteiger partial charge in [0, 0.05) is 12.6 Å². The van der Waals surface area contributed by atoms with Gasteiger partial charge in [0.1, 0.15) is 30.2 Å². The van der Waals surface area contributed by atoms with Gasteiger partial charge in [-0.25, -0.2) is 28.1 Å². The first-order valence-corrected chi connectivity index (χ1v) is 10.4. The molecule has 0 unspecified atom stereocenters. The second-order valence-corrected chi connectivity index (χ2v) is 8.44. The van der Waals surface area contributed by atoms with E-state index in [4.69, 9.17) is 10.5 Å². The van der Waals surface area contributed by atoms with Crippen molar-refractivity contribution in [2.24, 2.45) is 0 Å². The van der Waals surface area contributed by atoms with E-state index < -0.39 is 56.6 Å². The van der Waals surface area contributed by atoms with Gasteiger partial charge in [0.2, 0.25) is 10.0 Å². The Hall–Kier alpha value is -3.24. The van der Waals surface area contributed by atoms with E-state index in [1.54, 1.807) is 0 Å². The van der Waals surface area contributed by atoms with Crippen molar-refractivity contribution in [2.75, 3.05) is 12.3 Å². The summed E-state index contributed by atoms with van der Waals surface area (Å²) >= 11 is 0. The van der Waals surface area contributed by atoms with Crippen LogP contribution in [-0.2, 0) is 14.8 Å². The molecule has 0 saturated carbocycles. The number of aliphatic hydroxyl groups is 2. The van der Waals surface area contributed by atoms with Crippen LogP contribution in [0.5, 0.6) is 0 Å². The predicted molar refractivity (Wildman–Crippen MR) is 104 cm³/mol. The van der Waals surface area contributed by atoms with Crippen molar-refractivity contribution in [2.45, 2.75) is 29.4 Å². The number of nitrogens with zero attached hydrogens (tertiary/aromatic N) is 5. The number of para-hydroxylation sites is 1. The van der Waals surface area contributed by atoms with Gasteiger partial charge < -0.3 is 20.7 Å². The minimum absolute atomic E-state index is 0.116. The van der Waals surface area contributed by atoms with Crippen molar-refractivity contribution in [1.82, 2.24) is 24.2 Å². The van der Waals surface area contributed by atoms with E-state index in [2.05, 4.69) is 19.7 Å². The minimum atomic E-state index is -4.30. The fraction of sp³-hybridized carbons (Fsp3) is 0.312. The van der Waals surface area contributed by atoms with Crippen LogP contribution in [0.2, 0.25) is 0 Å². The molecular weight excluding hydrogens is 434 g/mol. The number of hydrogen-bond donors (Lipinski definition) is 4. The molecule has 31 heavy (non-hydrogen) atoms. The lowest BCUT2D eigenvalue weighted by Crippen LogP contribution is -2.39. The average Bonchev–Trinajstić information content (AvgIpc) is 3.29. The molecule has 0 bridgehead atoms. The fourth-order valence-corrected chi connectivity index (χ4v) is 4.50. The molecule has 1 aliphatic rings. The summed E-state index contributed by atoms with van der Waals surface area (Å²) in [5.74, 6) is 0.116. The SMILES string of the molecule is Nc1ncnc2c1ncn2[C@@H]1O[C@H](CNS(=O)(=O)c2ccccc2[N+](=O)[O-])[C@@H](O)[C@H]1O. The summed E-state index contributed by atoms with van der Waals surface area (Å²) in [7, 11) is -4.30. The molecule has 0 amide bonds. The maximum Gasteiger partial charge on any atom is 0.289 e. The third-order valence-corrected chi connectivity index (χ3v) is 6.30. The highest BCUT2D eigenvalue weighted by Crippen LogP contribution is 2.32. The van der Waals surface area contributed by atoms with Gasteiger partial charge in [0.15, 0.2) is 22.6 Å². The Morgan fingerprint density at radius 3 is 2.71 bits per heavy atom. The van der Waals surface area contributed by atoms with Crippen molar-refractivity contribution in [3.8, 4) is 0 Å². The quantitative estimate of drug-likeness (QED) is 0.261. The number of nitrogens with two attached hydrogens (primary N) is 1. The number of imidazole rings is 1. The average molecular weight is 451 g/mol. The normalized spacial score (nSPS) is 23.9. The standard InChI is InChI=1S/C16H17N7O7S/c17-14-11-15(19-6-18-14)22(7-20-11)16-13(25)12(24)9(30-16)5-21-31(28,29)10-4-2-1-3-8(10)23(26)27/h1-4,6-7,9,12-13,16,21,24-25H,5H2,(H2,17,18,19)/t9-,12-,13-,16-/m1/s1. The highest BCUT2D eigenvalue weighted by molar-refractivity contribution is 7.89. The summed E-state index contributed by atoms with van der Waals surface area (Å²) in [5.41, 5.74) is 5.67. The lowest BCUT2D eigenvalue weighted by molar-refractivity contribution is -0.387. The topological polar surface area (TPSA) is 209 Å². The molecule has 1 fully saturated rings. The first-order chi connectivity index (χ1) is 14.7. The van der Waals surface area contributed by atoms with Gasteiger partial charge in [-0.15, -0.1) is 0 Å². The lowest BCUT2D eigenvalue weighted by Gasteiger charge is -2.16. The highest BCUT2D eigenvalue weighted by atomic mass is 32.2. The first kappa shape index (κ1) is 21.0. The second-order valence-electron chi connectivity index (χ2n) is 6.71. The van der Waals surface area contributed by atoms with Crippen LogP contribution in [0, 0.1) is 10.1 Å². The molecule has 1 aliphatic heterocycles. The van der Waals surface area contributed by atoms with Gasteiger partial charge in [0.25, 0.3) is 5.69 Å². The molecule has 1 saturated heterocycles. The summed E-state index contributed by atoms with van der Waals surface area (Å²) in [6.07, 6.45) is -2.68. The Labute approximate surface area is 174 Å². The number of fused-ring (bicyclic) bond motifs is 1. The molecule has 2 aromatic heterocycles. The number of nitro benzene ring substituents is 1. The maximum absolute atomic E-state index is 12.6. The monoisotopic (exact) mass is 451 g/mol. The van der Waals surface area contributed by atoms with Gasteiger partial charge in [0.05, 0.1) is 11.3 Å². The number of nitrogens with one attached hydrogen (secondary N) is 1. The van der Waals surface area contributed by atoms with Gasteiger partial charge in [-0.1, -0.05) is 12.1 Å². The van der Waals surface area contributed by atoms with Gasteiger partial charge in [-0.2, -0.15) is 0 Å². The summed E-state index contributed by atoms with van der Waals surface area (Å²) in [5, 5.41) is 31.9. The summed E-state index contributed by atoms with van der Waals surface area (Å²) in [6, 6.07) is 4.84. The van der Waals surface area contributed by atoms with Crippen LogP contribution >= 0.6 is 0 Å². The molecule has 0 radical (unpaired) electrons. The number of aliphatic hydroxyl groups excluding tert-OH is 2. The molecule has 0 aliphatic carbocycles. The minimum Gasteiger partial charge on any atom is -0.387 e. The molecule has 15 heteroatoms. The molecule has 4 rings (SSSR count). The van der Waals surface area contributed by atoms with Crippen LogP contribution in [0.3, 0.4) is 0 Å². The third-order valence-electron chi connectivity index (χ3n) is 4.82. The Morgan fingerprint density at radius 2 is 1.97 bits per heavy atom. The molecule has 1 aromatic carbocycles.